The summed E-state index contributed by atoms with van der Waals surface area (Å²) < 4.78 is 26.6. The Morgan fingerprint density at radius 1 is 1.07 bits per heavy atom. The van der Waals surface area contributed by atoms with Crippen LogP contribution < -0.4 is 10.6 Å². The molecule has 1 aliphatic heterocycles. The van der Waals surface area contributed by atoms with Crippen molar-refractivity contribution in [2.45, 2.75) is 29.7 Å². The second kappa shape index (κ2) is 8.02. The summed E-state index contributed by atoms with van der Waals surface area (Å²) in [6.45, 7) is 0.305. The molecule has 30 heavy (non-hydrogen) atoms. The van der Waals surface area contributed by atoms with Crippen LogP contribution in [0.3, 0.4) is 0 Å². The lowest BCUT2D eigenvalue weighted by Gasteiger charge is -2.43. The zero-order valence-corrected chi connectivity index (χ0v) is 17.8. The number of nitrogens with zero attached hydrogens (tertiary/aromatic N) is 1. The lowest BCUT2D eigenvalue weighted by Crippen LogP contribution is -2.50. The van der Waals surface area contributed by atoms with Gasteiger partial charge in [-0.05, 0) is 61.2 Å². The van der Waals surface area contributed by atoms with Gasteiger partial charge in [0, 0.05) is 23.7 Å². The molecule has 2 aliphatic rings. The Kier molecular flexibility index (Phi) is 5.57. The molecule has 7 nitrogen and oxygen atoms in total. The first-order valence-electron chi connectivity index (χ1n) is 9.76. The highest BCUT2D eigenvalue weighted by Crippen LogP contribution is 2.41. The number of carbonyl (C=O) groups excluding carboxylic acids is 2. The number of rotatable bonds is 5. The number of nitrogens with one attached hydrogen (secondary N) is 2. The molecule has 158 valence electrons. The summed E-state index contributed by atoms with van der Waals surface area (Å²) in [7, 11) is -3.78. The second-order valence-corrected chi connectivity index (χ2v) is 9.98. The topological polar surface area (TPSA) is 95.6 Å². The van der Waals surface area contributed by atoms with Crippen LogP contribution in [-0.4, -0.2) is 44.2 Å². The smallest absolute Gasteiger partial charge is 0.251 e. The fourth-order valence-electron chi connectivity index (χ4n) is 3.82. The highest BCUT2D eigenvalue weighted by molar-refractivity contribution is 7.89. The standard InChI is InChI=1S/C21H22ClN3O4S/c22-17-6-4-16(5-7-17)21(10-1-11-21)24-20(27)15-2-8-18(9-3-15)30(28,29)25-13-12-23-19(26)14-25/h2-9H,1,10-14H2,(H,23,26)(H,24,27). The third-order valence-corrected chi connectivity index (χ3v) is 7.83. The molecule has 1 saturated carbocycles. The van der Waals surface area contributed by atoms with Crippen molar-refractivity contribution in [3.05, 3.63) is 64.7 Å². The molecule has 0 atom stereocenters. The number of benzene rings is 2. The second-order valence-electron chi connectivity index (χ2n) is 7.61. The van der Waals surface area contributed by atoms with Gasteiger partial charge in [0.1, 0.15) is 0 Å². The van der Waals surface area contributed by atoms with Crippen molar-refractivity contribution in [1.82, 2.24) is 14.9 Å². The van der Waals surface area contributed by atoms with Gasteiger partial charge in [-0.2, -0.15) is 4.31 Å². The number of amides is 2. The van der Waals surface area contributed by atoms with Crippen LogP contribution in [0.15, 0.2) is 53.4 Å². The molecule has 0 spiro atoms. The van der Waals surface area contributed by atoms with Gasteiger partial charge in [0.2, 0.25) is 15.9 Å². The number of carbonyl (C=O) groups is 2. The van der Waals surface area contributed by atoms with E-state index < -0.39 is 15.6 Å². The van der Waals surface area contributed by atoms with Crippen LogP contribution in [0.4, 0.5) is 0 Å². The molecule has 2 aromatic rings. The molecule has 4 rings (SSSR count). The van der Waals surface area contributed by atoms with Gasteiger partial charge in [-0.1, -0.05) is 23.7 Å². The van der Waals surface area contributed by atoms with Crippen molar-refractivity contribution in [1.29, 1.82) is 0 Å². The Labute approximate surface area is 180 Å². The van der Waals surface area contributed by atoms with E-state index in [4.69, 9.17) is 11.6 Å². The van der Waals surface area contributed by atoms with Crippen LogP contribution in [0.2, 0.25) is 5.02 Å². The molecular weight excluding hydrogens is 426 g/mol. The molecule has 2 aromatic carbocycles. The fraction of sp³-hybridized carbons (Fsp3) is 0.333. The quantitative estimate of drug-likeness (QED) is 0.735. The van der Waals surface area contributed by atoms with Crippen LogP contribution in [0.25, 0.3) is 0 Å². The molecule has 1 heterocycles. The Bertz CT molecular complexity index is 1060. The van der Waals surface area contributed by atoms with Crippen LogP contribution in [0, 0.1) is 0 Å². The van der Waals surface area contributed by atoms with E-state index in [1.807, 2.05) is 24.3 Å². The molecule has 1 aliphatic carbocycles. The van der Waals surface area contributed by atoms with Gasteiger partial charge in [0.15, 0.2) is 0 Å². The normalized spacial score (nSPS) is 18.9. The highest BCUT2D eigenvalue weighted by Gasteiger charge is 2.40. The van der Waals surface area contributed by atoms with Gasteiger partial charge in [-0.3, -0.25) is 9.59 Å². The number of hydrogen-bond donors (Lipinski definition) is 2. The van der Waals surface area contributed by atoms with Crippen LogP contribution >= 0.6 is 11.6 Å². The maximum absolute atomic E-state index is 12.8. The van der Waals surface area contributed by atoms with Crippen LogP contribution in [0.1, 0.15) is 35.2 Å². The summed E-state index contributed by atoms with van der Waals surface area (Å²) in [4.78, 5) is 24.4. The first kappa shape index (κ1) is 20.8. The molecule has 2 amide bonds. The van der Waals surface area contributed by atoms with E-state index in [1.54, 1.807) is 0 Å². The van der Waals surface area contributed by atoms with Crippen molar-refractivity contribution < 1.29 is 18.0 Å². The van der Waals surface area contributed by atoms with Crippen molar-refractivity contribution in [2.75, 3.05) is 19.6 Å². The monoisotopic (exact) mass is 447 g/mol. The minimum Gasteiger partial charge on any atom is -0.354 e. The predicted molar refractivity (Wildman–Crippen MR) is 113 cm³/mol. The number of halogens is 1. The van der Waals surface area contributed by atoms with Crippen molar-refractivity contribution in [2.24, 2.45) is 0 Å². The summed E-state index contributed by atoms with van der Waals surface area (Å²) in [5, 5.41) is 6.36. The Hall–Kier alpha value is -2.42. The third-order valence-electron chi connectivity index (χ3n) is 5.71. The fourth-order valence-corrected chi connectivity index (χ4v) is 5.35. The van der Waals surface area contributed by atoms with E-state index >= 15 is 0 Å². The summed E-state index contributed by atoms with van der Waals surface area (Å²) in [6.07, 6.45) is 2.69. The maximum atomic E-state index is 12.8. The van der Waals surface area contributed by atoms with E-state index in [0.717, 1.165) is 29.1 Å². The molecule has 1 saturated heterocycles. The van der Waals surface area contributed by atoms with E-state index in [9.17, 15) is 18.0 Å². The highest BCUT2D eigenvalue weighted by atomic mass is 35.5. The molecule has 2 N–H and O–H groups in total. The van der Waals surface area contributed by atoms with Crippen molar-refractivity contribution in [3.8, 4) is 0 Å². The number of sulfonamides is 1. The van der Waals surface area contributed by atoms with Gasteiger partial charge in [-0.25, -0.2) is 8.42 Å². The molecular formula is C21H22ClN3O4S. The predicted octanol–water partition coefficient (Wildman–Crippen LogP) is 2.27. The lowest BCUT2D eigenvalue weighted by molar-refractivity contribution is -0.122. The van der Waals surface area contributed by atoms with Crippen molar-refractivity contribution >= 4 is 33.4 Å². The lowest BCUT2D eigenvalue weighted by atomic mass is 9.71. The summed E-state index contributed by atoms with van der Waals surface area (Å²) in [5.74, 6) is -0.584. The molecule has 0 aromatic heterocycles. The zero-order chi connectivity index (χ0) is 21.4. The van der Waals surface area contributed by atoms with E-state index in [2.05, 4.69) is 10.6 Å². The van der Waals surface area contributed by atoms with Crippen molar-refractivity contribution in [3.63, 3.8) is 0 Å². The van der Waals surface area contributed by atoms with E-state index in [-0.39, 0.29) is 36.3 Å². The average Bonchev–Trinajstić information content (AvgIpc) is 2.71. The SMILES string of the molecule is O=C1CN(S(=O)(=O)c2ccc(C(=O)NC3(c4ccc(Cl)cc4)CCC3)cc2)CCN1. The van der Waals surface area contributed by atoms with Gasteiger partial charge >= 0.3 is 0 Å². The van der Waals surface area contributed by atoms with Crippen LogP contribution in [-0.2, 0) is 20.4 Å². The molecule has 2 fully saturated rings. The molecule has 0 unspecified atom stereocenters. The Morgan fingerprint density at radius 3 is 2.30 bits per heavy atom. The van der Waals surface area contributed by atoms with Crippen LogP contribution in [0.5, 0.6) is 0 Å². The zero-order valence-electron chi connectivity index (χ0n) is 16.2. The van der Waals surface area contributed by atoms with Gasteiger partial charge in [-0.15, -0.1) is 0 Å². The third kappa shape index (κ3) is 3.95. The molecule has 0 bridgehead atoms. The largest absolute Gasteiger partial charge is 0.354 e. The van der Waals surface area contributed by atoms with E-state index in [0.29, 0.717) is 10.6 Å². The average molecular weight is 448 g/mol. The summed E-state index contributed by atoms with van der Waals surface area (Å²) in [5.41, 5.74) is 0.966. The minimum atomic E-state index is -3.78. The van der Waals surface area contributed by atoms with Gasteiger partial charge in [0.25, 0.3) is 5.91 Å². The maximum Gasteiger partial charge on any atom is 0.251 e. The van der Waals surface area contributed by atoms with Gasteiger partial charge < -0.3 is 10.6 Å². The summed E-state index contributed by atoms with van der Waals surface area (Å²) >= 11 is 5.98. The first-order valence-corrected chi connectivity index (χ1v) is 11.6. The molecule has 0 radical (unpaired) electrons. The number of hydrogen-bond acceptors (Lipinski definition) is 4. The number of piperazine rings is 1. The Morgan fingerprint density at radius 2 is 1.73 bits per heavy atom. The first-order chi connectivity index (χ1) is 14.3. The van der Waals surface area contributed by atoms with E-state index in [1.165, 1.54) is 24.3 Å². The van der Waals surface area contributed by atoms with Gasteiger partial charge in [0.05, 0.1) is 17.0 Å². The minimum absolute atomic E-state index is 0.0600. The molecule has 9 heteroatoms. The Balaban J connectivity index is 1.50. The summed E-state index contributed by atoms with van der Waals surface area (Å²) in [6, 6.07) is 13.3.